The lowest BCUT2D eigenvalue weighted by Gasteiger charge is -2.40. The number of nitrogens with one attached hydrogen (secondary N) is 2. The van der Waals surface area contributed by atoms with Gasteiger partial charge in [-0.3, -0.25) is 9.59 Å². The molecular formula is C35H46F2N4O7. The fourth-order valence-corrected chi connectivity index (χ4v) is 6.84. The molecule has 1 aromatic heterocycles. The van der Waals surface area contributed by atoms with E-state index in [0.717, 1.165) is 6.42 Å². The molecule has 48 heavy (non-hydrogen) atoms. The highest BCUT2D eigenvalue weighted by atomic mass is 19.1. The number of aliphatic hydroxyl groups excluding tert-OH is 3. The Bertz CT molecular complexity index is 1600. The molecule has 2 aliphatic heterocycles. The number of nitrogens with zero attached hydrogens (tertiary/aromatic N) is 2. The lowest BCUT2D eigenvalue weighted by molar-refractivity contribution is -0.238. The molecule has 2 saturated heterocycles. The molecule has 3 heterocycles. The Morgan fingerprint density at radius 3 is 2.40 bits per heavy atom. The monoisotopic (exact) mass is 672 g/mol. The maximum Gasteiger partial charge on any atom is 0.245 e. The van der Waals surface area contributed by atoms with Gasteiger partial charge in [0.25, 0.3) is 0 Å². The van der Waals surface area contributed by atoms with E-state index in [0.29, 0.717) is 47.1 Å². The minimum Gasteiger partial charge on any atom is -0.388 e. The van der Waals surface area contributed by atoms with Gasteiger partial charge in [-0.15, -0.1) is 0 Å². The summed E-state index contributed by atoms with van der Waals surface area (Å²) in [6.45, 7) is 5.57. The van der Waals surface area contributed by atoms with Gasteiger partial charge in [0.15, 0.2) is 6.23 Å². The number of hydrogen-bond acceptors (Lipinski definition) is 8. The van der Waals surface area contributed by atoms with Gasteiger partial charge in [0.05, 0.1) is 29.5 Å². The molecule has 262 valence electrons. The molecule has 2 aromatic carbocycles. The fraction of sp³-hybridized carbons (Fsp3) is 0.543. The van der Waals surface area contributed by atoms with Gasteiger partial charge >= 0.3 is 0 Å². The Morgan fingerprint density at radius 1 is 1.04 bits per heavy atom. The van der Waals surface area contributed by atoms with Gasteiger partial charge in [-0.1, -0.05) is 0 Å². The topological polar surface area (TPSA) is 146 Å². The molecule has 1 unspecified atom stereocenters. The number of carbonyl (C=O) groups excluding carboxylic acids is 2. The second-order valence-electron chi connectivity index (χ2n) is 13.0. The Kier molecular flexibility index (Phi) is 11.2. The number of aromatic nitrogens is 1. The molecule has 11 nitrogen and oxygen atoms in total. The summed E-state index contributed by atoms with van der Waals surface area (Å²) < 4.78 is 42.2. The fourth-order valence-electron chi connectivity index (χ4n) is 6.84. The van der Waals surface area contributed by atoms with Crippen LogP contribution in [-0.4, -0.2) is 106 Å². The van der Waals surface area contributed by atoms with Gasteiger partial charge < -0.3 is 44.9 Å². The number of benzene rings is 2. The van der Waals surface area contributed by atoms with Crippen molar-refractivity contribution in [2.75, 3.05) is 20.7 Å². The summed E-state index contributed by atoms with van der Waals surface area (Å²) in [4.78, 5) is 28.8. The Balaban J connectivity index is 1.60. The normalized spacial score (nSPS) is 26.4. The van der Waals surface area contributed by atoms with Crippen molar-refractivity contribution in [3.8, 4) is 11.3 Å². The number of rotatable bonds is 11. The number of halogens is 2. The summed E-state index contributed by atoms with van der Waals surface area (Å²) in [5.41, 5.74) is 2.11. The van der Waals surface area contributed by atoms with Gasteiger partial charge in [-0.2, -0.15) is 0 Å². The van der Waals surface area contributed by atoms with Crippen LogP contribution < -0.4 is 10.6 Å². The van der Waals surface area contributed by atoms with E-state index in [1.165, 1.54) is 24.3 Å². The van der Waals surface area contributed by atoms with Crippen LogP contribution in [0.5, 0.6) is 0 Å². The smallest absolute Gasteiger partial charge is 0.245 e. The number of methoxy groups -OCH3 is 1. The lowest BCUT2D eigenvalue weighted by atomic mass is 9.96. The molecule has 13 heteroatoms. The zero-order chi connectivity index (χ0) is 34.9. The van der Waals surface area contributed by atoms with Crippen LogP contribution in [0.15, 0.2) is 42.5 Å². The minimum atomic E-state index is -1.58. The largest absolute Gasteiger partial charge is 0.388 e. The summed E-state index contributed by atoms with van der Waals surface area (Å²) in [5, 5.41) is 38.8. The molecule has 3 aromatic rings. The number of hydrogen-bond donors (Lipinski definition) is 5. The predicted octanol–water partition coefficient (Wildman–Crippen LogP) is 2.64. The molecule has 5 rings (SSSR count). The first-order chi connectivity index (χ1) is 22.9. The van der Waals surface area contributed by atoms with Crippen molar-refractivity contribution >= 4 is 22.7 Å². The van der Waals surface area contributed by atoms with E-state index in [9.17, 15) is 33.7 Å². The molecular weight excluding hydrogens is 626 g/mol. The first-order valence-corrected chi connectivity index (χ1v) is 16.4. The van der Waals surface area contributed by atoms with Gasteiger partial charge in [-0.25, -0.2) is 8.78 Å². The summed E-state index contributed by atoms with van der Waals surface area (Å²) in [6.07, 6.45) is -4.96. The van der Waals surface area contributed by atoms with Crippen molar-refractivity contribution in [2.45, 2.75) is 101 Å². The van der Waals surface area contributed by atoms with Gasteiger partial charge in [-0.05, 0) is 101 Å². The standard InChI is InChI=1S/C35H46F2N4O7/c1-18(47-5)15-27(39-33(45)19(2)38-4)34(46)40-14-6-7-24(40)17-26-25-13-12-23(37)16-28(25)41(29(26)21-8-10-22(36)11-9-21)35-32(44)31(43)30(42)20(3)48-35/h8-13,16,18-20,24,27,30-32,35,38,42-44H,6-7,14-15,17H2,1-5H3,(H,39,45)/t18-,19-,20-,24-,27-,30+,31+,32-,35?/m0/s1. The molecule has 5 N–H and O–H groups in total. The van der Waals surface area contributed by atoms with Crippen LogP contribution in [0.4, 0.5) is 8.78 Å². The van der Waals surface area contributed by atoms with Gasteiger partial charge in [0, 0.05) is 31.5 Å². The number of ether oxygens (including phenoxy) is 2. The number of likely N-dealkylation sites (tertiary alicyclic amines) is 1. The Hall–Kier alpha value is -3.46. The maximum atomic E-state index is 14.9. The van der Waals surface area contributed by atoms with Crippen LogP contribution in [0.2, 0.25) is 0 Å². The van der Waals surface area contributed by atoms with Crippen LogP contribution in [-0.2, 0) is 25.5 Å². The SMILES string of the molecule is CN[C@@H](C)C(=O)N[C@@H](C[C@H](C)OC)C(=O)N1CCC[C@H]1Cc1c(-c2ccc(F)cc2)n(C2O[C@@H](C)[C@@H](O)[C@@H](O)[C@@H]2O)c2cc(F)ccc12. The van der Waals surface area contributed by atoms with Crippen LogP contribution in [0.1, 0.15) is 51.8 Å². The Morgan fingerprint density at radius 2 is 1.73 bits per heavy atom. The van der Waals surface area contributed by atoms with E-state index in [4.69, 9.17) is 9.47 Å². The highest BCUT2D eigenvalue weighted by Gasteiger charge is 2.45. The average Bonchev–Trinajstić information content (AvgIpc) is 3.66. The molecule has 0 bridgehead atoms. The summed E-state index contributed by atoms with van der Waals surface area (Å²) >= 11 is 0. The van der Waals surface area contributed by atoms with E-state index in [2.05, 4.69) is 10.6 Å². The third-order valence-corrected chi connectivity index (χ3v) is 9.78. The summed E-state index contributed by atoms with van der Waals surface area (Å²) in [7, 11) is 3.21. The average molecular weight is 673 g/mol. The highest BCUT2D eigenvalue weighted by molar-refractivity contribution is 5.93. The second kappa shape index (κ2) is 15.0. The van der Waals surface area contributed by atoms with Crippen molar-refractivity contribution in [3.05, 3.63) is 59.7 Å². The van der Waals surface area contributed by atoms with E-state index in [1.54, 1.807) is 55.7 Å². The number of aliphatic hydroxyl groups is 3. The number of carbonyl (C=O) groups is 2. The minimum absolute atomic E-state index is 0.242. The number of fused-ring (bicyclic) bond motifs is 1. The van der Waals surface area contributed by atoms with Crippen LogP contribution in [0.3, 0.4) is 0 Å². The molecule has 2 aliphatic rings. The molecule has 0 saturated carbocycles. The van der Waals surface area contributed by atoms with Crippen molar-refractivity contribution in [2.24, 2.45) is 0 Å². The van der Waals surface area contributed by atoms with Crippen LogP contribution >= 0.6 is 0 Å². The van der Waals surface area contributed by atoms with Crippen molar-refractivity contribution in [1.29, 1.82) is 0 Å². The molecule has 0 spiro atoms. The maximum absolute atomic E-state index is 14.9. The summed E-state index contributed by atoms with van der Waals surface area (Å²) in [5.74, 6) is -1.57. The van der Waals surface area contributed by atoms with Gasteiger partial charge in [0.1, 0.15) is 36.0 Å². The third kappa shape index (κ3) is 7.12. The third-order valence-electron chi connectivity index (χ3n) is 9.78. The first-order valence-electron chi connectivity index (χ1n) is 16.4. The molecule has 2 fully saturated rings. The molecule has 0 aliphatic carbocycles. The zero-order valence-electron chi connectivity index (χ0n) is 27.9. The Labute approximate surface area is 278 Å². The zero-order valence-corrected chi connectivity index (χ0v) is 27.9. The predicted molar refractivity (Wildman–Crippen MR) is 175 cm³/mol. The van der Waals surface area contributed by atoms with Crippen molar-refractivity contribution < 1.29 is 43.2 Å². The molecule has 2 amide bonds. The quantitative estimate of drug-likeness (QED) is 0.209. The molecule has 0 radical (unpaired) electrons. The van der Waals surface area contributed by atoms with E-state index in [-0.39, 0.29) is 30.4 Å². The van der Waals surface area contributed by atoms with E-state index in [1.807, 2.05) is 6.92 Å². The van der Waals surface area contributed by atoms with Crippen molar-refractivity contribution in [1.82, 2.24) is 20.1 Å². The van der Waals surface area contributed by atoms with Gasteiger partial charge in [0.2, 0.25) is 11.8 Å². The number of amides is 2. The van der Waals surface area contributed by atoms with E-state index < -0.39 is 54.4 Å². The highest BCUT2D eigenvalue weighted by Crippen LogP contribution is 2.42. The lowest BCUT2D eigenvalue weighted by Crippen LogP contribution is -2.54. The van der Waals surface area contributed by atoms with E-state index >= 15 is 0 Å². The van der Waals surface area contributed by atoms with Crippen LogP contribution in [0, 0.1) is 11.6 Å². The first kappa shape index (κ1) is 35.8. The van der Waals surface area contributed by atoms with Crippen LogP contribution in [0.25, 0.3) is 22.2 Å². The molecule has 9 atom stereocenters. The number of likely N-dealkylation sites (N-methyl/N-ethyl adjacent to an activating group) is 1. The summed E-state index contributed by atoms with van der Waals surface area (Å²) in [6, 6.07) is 8.31. The van der Waals surface area contributed by atoms with Crippen molar-refractivity contribution in [3.63, 3.8) is 0 Å². The second-order valence-corrected chi connectivity index (χ2v) is 13.0.